The number of morpholine rings is 1. The lowest BCUT2D eigenvalue weighted by Crippen LogP contribution is -2.55. The maximum Gasteiger partial charge on any atom is 0.239 e. The number of rotatable bonds is 4. The van der Waals surface area contributed by atoms with E-state index in [-0.39, 0.29) is 18.1 Å². The van der Waals surface area contributed by atoms with Crippen LogP contribution in [0, 0.1) is 6.92 Å². The zero-order chi connectivity index (χ0) is 13.0. The van der Waals surface area contributed by atoms with E-state index < -0.39 is 0 Å². The van der Waals surface area contributed by atoms with E-state index in [0.717, 1.165) is 23.7 Å². The van der Waals surface area contributed by atoms with Crippen molar-refractivity contribution in [3.05, 3.63) is 16.1 Å². The molecule has 100 valence electrons. The zero-order valence-corrected chi connectivity index (χ0v) is 11.5. The SMILES string of the molecule is Cc1nc(CCNC(=O)[C@H]2NCCO[C@@H]2C)cs1. The summed E-state index contributed by atoms with van der Waals surface area (Å²) in [5, 5.41) is 9.19. The summed E-state index contributed by atoms with van der Waals surface area (Å²) in [7, 11) is 0. The fraction of sp³-hybridized carbons (Fsp3) is 0.667. The number of nitrogens with zero attached hydrogens (tertiary/aromatic N) is 1. The van der Waals surface area contributed by atoms with E-state index in [1.165, 1.54) is 0 Å². The van der Waals surface area contributed by atoms with E-state index in [4.69, 9.17) is 4.74 Å². The molecule has 0 aromatic carbocycles. The number of aryl methyl sites for hydroxylation is 1. The summed E-state index contributed by atoms with van der Waals surface area (Å²) in [4.78, 5) is 16.3. The molecule has 5 nitrogen and oxygen atoms in total. The molecule has 18 heavy (non-hydrogen) atoms. The van der Waals surface area contributed by atoms with Gasteiger partial charge in [-0.15, -0.1) is 11.3 Å². The normalized spacial score (nSPS) is 23.9. The van der Waals surface area contributed by atoms with Gasteiger partial charge in [-0.1, -0.05) is 0 Å². The Bertz CT molecular complexity index is 408. The Morgan fingerprint density at radius 2 is 2.56 bits per heavy atom. The number of thiazole rings is 1. The third-order valence-electron chi connectivity index (χ3n) is 2.95. The minimum absolute atomic E-state index is 0.00847. The van der Waals surface area contributed by atoms with Crippen molar-refractivity contribution in [1.29, 1.82) is 0 Å². The fourth-order valence-electron chi connectivity index (χ4n) is 1.97. The third kappa shape index (κ3) is 3.51. The maximum atomic E-state index is 11.9. The molecule has 1 fully saturated rings. The van der Waals surface area contributed by atoms with Gasteiger partial charge in [0, 0.05) is 24.9 Å². The van der Waals surface area contributed by atoms with Crippen LogP contribution in [0.25, 0.3) is 0 Å². The molecule has 2 rings (SSSR count). The molecule has 2 atom stereocenters. The van der Waals surface area contributed by atoms with E-state index >= 15 is 0 Å². The molecule has 1 amide bonds. The molecular formula is C12H19N3O2S. The third-order valence-corrected chi connectivity index (χ3v) is 3.77. The van der Waals surface area contributed by atoms with Gasteiger partial charge in [0.05, 0.1) is 23.4 Å². The second kappa shape index (κ2) is 6.26. The lowest BCUT2D eigenvalue weighted by molar-refractivity contribution is -0.128. The van der Waals surface area contributed by atoms with E-state index in [1.54, 1.807) is 11.3 Å². The average Bonchev–Trinajstić information content (AvgIpc) is 2.75. The Hall–Kier alpha value is -0.980. The van der Waals surface area contributed by atoms with Gasteiger partial charge < -0.3 is 15.4 Å². The molecular weight excluding hydrogens is 250 g/mol. The quantitative estimate of drug-likeness (QED) is 0.835. The summed E-state index contributed by atoms with van der Waals surface area (Å²) in [6.45, 7) is 5.92. The Morgan fingerprint density at radius 1 is 1.72 bits per heavy atom. The largest absolute Gasteiger partial charge is 0.375 e. The lowest BCUT2D eigenvalue weighted by Gasteiger charge is -2.29. The van der Waals surface area contributed by atoms with Crippen LogP contribution in [0.4, 0.5) is 0 Å². The van der Waals surface area contributed by atoms with Crippen molar-refractivity contribution in [2.24, 2.45) is 0 Å². The molecule has 0 radical (unpaired) electrons. The van der Waals surface area contributed by atoms with Gasteiger partial charge in [0.25, 0.3) is 0 Å². The van der Waals surface area contributed by atoms with Crippen LogP contribution in [0.2, 0.25) is 0 Å². The van der Waals surface area contributed by atoms with Gasteiger partial charge in [0.1, 0.15) is 6.04 Å². The van der Waals surface area contributed by atoms with Gasteiger partial charge in [0.2, 0.25) is 5.91 Å². The van der Waals surface area contributed by atoms with Gasteiger partial charge >= 0.3 is 0 Å². The number of amides is 1. The fourth-order valence-corrected chi connectivity index (χ4v) is 2.62. The number of hydrogen-bond donors (Lipinski definition) is 2. The highest BCUT2D eigenvalue weighted by molar-refractivity contribution is 7.09. The highest BCUT2D eigenvalue weighted by atomic mass is 32.1. The average molecular weight is 269 g/mol. The number of carbonyl (C=O) groups is 1. The van der Waals surface area contributed by atoms with E-state index in [9.17, 15) is 4.79 Å². The van der Waals surface area contributed by atoms with Crippen LogP contribution in [0.3, 0.4) is 0 Å². The Kier molecular flexibility index (Phi) is 4.68. The van der Waals surface area contributed by atoms with Crippen LogP contribution in [-0.4, -0.2) is 42.7 Å². The van der Waals surface area contributed by atoms with Crippen LogP contribution in [-0.2, 0) is 16.0 Å². The predicted molar refractivity (Wildman–Crippen MR) is 70.8 cm³/mol. The van der Waals surface area contributed by atoms with E-state index in [2.05, 4.69) is 15.6 Å². The number of nitrogens with one attached hydrogen (secondary N) is 2. The minimum atomic E-state index is -0.240. The van der Waals surface area contributed by atoms with Crippen LogP contribution in [0.15, 0.2) is 5.38 Å². The smallest absolute Gasteiger partial charge is 0.239 e. The lowest BCUT2D eigenvalue weighted by atomic mass is 10.1. The Labute approximate surface area is 111 Å². The van der Waals surface area contributed by atoms with Crippen LogP contribution in [0.1, 0.15) is 17.6 Å². The topological polar surface area (TPSA) is 63.2 Å². The first-order chi connectivity index (χ1) is 8.66. The molecule has 0 aliphatic carbocycles. The molecule has 1 aromatic heterocycles. The molecule has 6 heteroatoms. The molecule has 2 N–H and O–H groups in total. The number of ether oxygens (including phenoxy) is 1. The molecule has 0 bridgehead atoms. The highest BCUT2D eigenvalue weighted by Gasteiger charge is 2.27. The first-order valence-electron chi connectivity index (χ1n) is 6.20. The summed E-state index contributed by atoms with van der Waals surface area (Å²) in [6, 6.07) is -0.240. The van der Waals surface area contributed by atoms with Crippen molar-refractivity contribution in [3.8, 4) is 0 Å². The van der Waals surface area contributed by atoms with Crippen LogP contribution < -0.4 is 10.6 Å². The van der Waals surface area contributed by atoms with Crippen LogP contribution in [0.5, 0.6) is 0 Å². The summed E-state index contributed by atoms with van der Waals surface area (Å²) in [5.74, 6) is 0.00847. The molecule has 1 aliphatic heterocycles. The first kappa shape index (κ1) is 13.5. The Morgan fingerprint density at radius 3 is 3.22 bits per heavy atom. The van der Waals surface area contributed by atoms with E-state index in [1.807, 2.05) is 19.2 Å². The van der Waals surface area contributed by atoms with Gasteiger partial charge in [-0.25, -0.2) is 4.98 Å². The van der Waals surface area contributed by atoms with Crippen molar-refractivity contribution in [3.63, 3.8) is 0 Å². The van der Waals surface area contributed by atoms with Gasteiger partial charge in [-0.3, -0.25) is 4.79 Å². The Balaban J connectivity index is 1.74. The number of aromatic nitrogens is 1. The van der Waals surface area contributed by atoms with Crippen molar-refractivity contribution in [1.82, 2.24) is 15.6 Å². The molecule has 0 unspecified atom stereocenters. The predicted octanol–water partition coefficient (Wildman–Crippen LogP) is 0.487. The van der Waals surface area contributed by atoms with Crippen molar-refractivity contribution in [2.45, 2.75) is 32.4 Å². The van der Waals surface area contributed by atoms with Gasteiger partial charge in [0.15, 0.2) is 0 Å². The molecule has 1 aliphatic rings. The maximum absolute atomic E-state index is 11.9. The molecule has 0 spiro atoms. The summed E-state index contributed by atoms with van der Waals surface area (Å²) in [5.41, 5.74) is 1.04. The highest BCUT2D eigenvalue weighted by Crippen LogP contribution is 2.08. The van der Waals surface area contributed by atoms with E-state index in [0.29, 0.717) is 13.2 Å². The summed E-state index contributed by atoms with van der Waals surface area (Å²) in [6.07, 6.45) is 0.707. The molecule has 1 aromatic rings. The molecule has 0 saturated carbocycles. The second-order valence-corrected chi connectivity index (χ2v) is 5.47. The monoisotopic (exact) mass is 269 g/mol. The minimum Gasteiger partial charge on any atom is -0.375 e. The zero-order valence-electron chi connectivity index (χ0n) is 10.7. The second-order valence-electron chi connectivity index (χ2n) is 4.41. The summed E-state index contributed by atoms with van der Waals surface area (Å²) < 4.78 is 5.45. The molecule has 1 saturated heterocycles. The van der Waals surface area contributed by atoms with Crippen molar-refractivity contribution < 1.29 is 9.53 Å². The van der Waals surface area contributed by atoms with Gasteiger partial charge in [-0.2, -0.15) is 0 Å². The summed E-state index contributed by atoms with van der Waals surface area (Å²) >= 11 is 1.64. The standard InChI is InChI=1S/C12H19N3O2S/c1-8-11(13-5-6-17-8)12(16)14-4-3-10-7-18-9(2)15-10/h7-8,11,13H,3-6H2,1-2H3,(H,14,16)/t8-,11+/m1/s1. The first-order valence-corrected chi connectivity index (χ1v) is 7.08. The van der Waals surface area contributed by atoms with Crippen molar-refractivity contribution in [2.75, 3.05) is 19.7 Å². The number of hydrogen-bond acceptors (Lipinski definition) is 5. The molecule has 2 heterocycles. The number of carbonyl (C=O) groups excluding carboxylic acids is 1. The van der Waals surface area contributed by atoms with Gasteiger partial charge in [-0.05, 0) is 13.8 Å². The van der Waals surface area contributed by atoms with Crippen LogP contribution >= 0.6 is 11.3 Å². The van der Waals surface area contributed by atoms with Crippen molar-refractivity contribution >= 4 is 17.2 Å².